The molecule has 0 heterocycles. The molecule has 0 N–H and O–H groups in total. The topological polar surface area (TPSA) is 9.23 Å². The first-order valence-corrected chi connectivity index (χ1v) is 7.91. The van der Waals surface area contributed by atoms with Crippen LogP contribution >= 0.6 is 43.5 Å². The smallest absolute Gasteiger partial charge is 0.120 e. The van der Waals surface area contributed by atoms with E-state index in [1.807, 2.05) is 30.3 Å². The first-order valence-electron chi connectivity index (χ1n) is 5.82. The molecule has 2 rings (SSSR count). The number of ether oxygens (including phenoxy) is 1. The lowest BCUT2D eigenvalue weighted by Crippen LogP contribution is -1.97. The lowest BCUT2D eigenvalue weighted by molar-refractivity contribution is 0.414. The van der Waals surface area contributed by atoms with E-state index < -0.39 is 0 Å². The van der Waals surface area contributed by atoms with Crippen molar-refractivity contribution in [1.29, 1.82) is 0 Å². The predicted octanol–water partition coefficient (Wildman–Crippen LogP) is 5.79. The monoisotopic (exact) mass is 402 g/mol. The minimum atomic E-state index is 0.181. The summed E-state index contributed by atoms with van der Waals surface area (Å²) in [7, 11) is 1.64. The van der Waals surface area contributed by atoms with Crippen molar-refractivity contribution in [2.45, 2.75) is 11.2 Å². The molecule has 0 spiro atoms. The first kappa shape index (κ1) is 14.9. The maximum absolute atomic E-state index is 6.28. The summed E-state index contributed by atoms with van der Waals surface area (Å²) >= 11 is 13.5. The molecule has 2 aromatic rings. The van der Waals surface area contributed by atoms with Gasteiger partial charge in [0.1, 0.15) is 5.75 Å². The van der Waals surface area contributed by atoms with E-state index in [1.165, 1.54) is 5.56 Å². The van der Waals surface area contributed by atoms with Crippen LogP contribution in [0.25, 0.3) is 0 Å². The van der Waals surface area contributed by atoms with Crippen LogP contribution in [0.15, 0.2) is 46.9 Å². The maximum atomic E-state index is 6.28. The van der Waals surface area contributed by atoms with Gasteiger partial charge in [-0.05, 0) is 41.8 Å². The fourth-order valence-electron chi connectivity index (χ4n) is 1.87. The average Bonchev–Trinajstić information content (AvgIpc) is 2.38. The van der Waals surface area contributed by atoms with E-state index in [9.17, 15) is 0 Å². The molecule has 0 fully saturated rings. The van der Waals surface area contributed by atoms with Gasteiger partial charge in [-0.1, -0.05) is 61.7 Å². The first-order chi connectivity index (χ1) is 9.10. The Labute approximate surface area is 135 Å². The van der Waals surface area contributed by atoms with Gasteiger partial charge in [-0.3, -0.25) is 0 Å². The van der Waals surface area contributed by atoms with Crippen molar-refractivity contribution in [3.05, 3.63) is 63.1 Å². The second-order valence-electron chi connectivity index (χ2n) is 4.19. The van der Waals surface area contributed by atoms with Crippen molar-refractivity contribution in [3.63, 3.8) is 0 Å². The largest absolute Gasteiger partial charge is 0.497 e. The molecule has 0 amide bonds. The van der Waals surface area contributed by atoms with Gasteiger partial charge in [-0.25, -0.2) is 0 Å². The molecule has 0 aliphatic heterocycles. The summed E-state index contributed by atoms with van der Waals surface area (Å²) in [6.45, 7) is 0. The Balaban J connectivity index is 2.18. The summed E-state index contributed by atoms with van der Waals surface area (Å²) in [5.41, 5.74) is 2.32. The van der Waals surface area contributed by atoms with Gasteiger partial charge in [0.25, 0.3) is 0 Å². The van der Waals surface area contributed by atoms with Crippen LogP contribution < -0.4 is 4.74 Å². The van der Waals surface area contributed by atoms with E-state index >= 15 is 0 Å². The molecule has 0 aromatic heterocycles. The van der Waals surface area contributed by atoms with E-state index in [1.54, 1.807) is 7.11 Å². The minimum absolute atomic E-state index is 0.181. The van der Waals surface area contributed by atoms with Gasteiger partial charge in [0, 0.05) is 14.3 Å². The number of alkyl halides is 1. The fourth-order valence-corrected chi connectivity index (χ4v) is 3.52. The van der Waals surface area contributed by atoms with Crippen molar-refractivity contribution < 1.29 is 4.74 Å². The molecule has 19 heavy (non-hydrogen) atoms. The quantitative estimate of drug-likeness (QED) is 0.586. The van der Waals surface area contributed by atoms with Crippen molar-refractivity contribution in [2.24, 2.45) is 0 Å². The maximum Gasteiger partial charge on any atom is 0.120 e. The Kier molecular flexibility index (Phi) is 5.31. The molecule has 0 saturated carbocycles. The lowest BCUT2D eigenvalue weighted by atomic mass is 10.0. The zero-order valence-electron chi connectivity index (χ0n) is 10.4. The summed E-state index contributed by atoms with van der Waals surface area (Å²) in [6, 6.07) is 14.0. The zero-order chi connectivity index (χ0) is 13.8. The second kappa shape index (κ2) is 6.78. The van der Waals surface area contributed by atoms with Crippen molar-refractivity contribution >= 4 is 43.5 Å². The van der Waals surface area contributed by atoms with Gasteiger partial charge in [0.15, 0.2) is 0 Å². The predicted molar refractivity (Wildman–Crippen MR) is 87.5 cm³/mol. The Hall–Kier alpha value is -0.510. The number of benzene rings is 2. The van der Waals surface area contributed by atoms with Gasteiger partial charge < -0.3 is 4.74 Å². The van der Waals surface area contributed by atoms with Gasteiger partial charge in [0.2, 0.25) is 0 Å². The Morgan fingerprint density at radius 2 is 2.00 bits per heavy atom. The molecule has 0 bridgehead atoms. The molecule has 1 atom stereocenters. The Morgan fingerprint density at radius 3 is 2.63 bits per heavy atom. The summed E-state index contributed by atoms with van der Waals surface area (Å²) in [6.07, 6.45) is 0.880. The number of rotatable bonds is 4. The molecular weight excluding hydrogens is 391 g/mol. The molecule has 4 heteroatoms. The van der Waals surface area contributed by atoms with E-state index in [2.05, 4.69) is 44.0 Å². The van der Waals surface area contributed by atoms with Crippen molar-refractivity contribution in [2.75, 3.05) is 7.11 Å². The standard InChI is InChI=1S/C15H13Br2ClO/c1-19-12-5-6-13(15(18)9-12)14(17)8-10-3-2-4-11(16)7-10/h2-7,9,14H,8H2,1H3. The van der Waals surface area contributed by atoms with E-state index in [0.717, 1.165) is 27.2 Å². The molecule has 100 valence electrons. The molecule has 0 saturated heterocycles. The van der Waals surface area contributed by atoms with Crippen molar-refractivity contribution in [3.8, 4) is 5.75 Å². The highest BCUT2D eigenvalue weighted by atomic mass is 79.9. The highest BCUT2D eigenvalue weighted by Crippen LogP contribution is 2.34. The average molecular weight is 405 g/mol. The molecule has 1 unspecified atom stereocenters. The van der Waals surface area contributed by atoms with Crippen LogP contribution in [-0.4, -0.2) is 7.11 Å². The number of halogens is 3. The van der Waals surface area contributed by atoms with Crippen LogP contribution in [0.1, 0.15) is 16.0 Å². The molecule has 0 aliphatic carbocycles. The Morgan fingerprint density at radius 1 is 1.21 bits per heavy atom. The molecule has 0 aliphatic rings. The summed E-state index contributed by atoms with van der Waals surface area (Å²) < 4.78 is 6.25. The van der Waals surface area contributed by atoms with Gasteiger partial charge in [0.05, 0.1) is 7.11 Å². The van der Waals surface area contributed by atoms with Gasteiger partial charge in [-0.2, -0.15) is 0 Å². The molecule has 2 aromatic carbocycles. The summed E-state index contributed by atoms with van der Waals surface area (Å²) in [5, 5.41) is 0.719. The van der Waals surface area contributed by atoms with E-state index in [0.29, 0.717) is 0 Å². The summed E-state index contributed by atoms with van der Waals surface area (Å²) in [5.74, 6) is 0.774. The number of methoxy groups -OCH3 is 1. The highest BCUT2D eigenvalue weighted by Gasteiger charge is 2.13. The normalized spacial score (nSPS) is 12.2. The van der Waals surface area contributed by atoms with Crippen LogP contribution in [-0.2, 0) is 6.42 Å². The van der Waals surface area contributed by atoms with Crippen LogP contribution in [0.4, 0.5) is 0 Å². The third-order valence-corrected chi connectivity index (χ3v) is 4.49. The van der Waals surface area contributed by atoms with Crippen LogP contribution in [0, 0.1) is 0 Å². The van der Waals surface area contributed by atoms with Gasteiger partial charge in [-0.15, -0.1) is 0 Å². The lowest BCUT2D eigenvalue weighted by Gasteiger charge is -2.13. The summed E-state index contributed by atoms with van der Waals surface area (Å²) in [4.78, 5) is 0.181. The zero-order valence-corrected chi connectivity index (χ0v) is 14.3. The van der Waals surface area contributed by atoms with Crippen LogP contribution in [0.3, 0.4) is 0 Å². The Bertz CT molecular complexity index is 572. The van der Waals surface area contributed by atoms with Gasteiger partial charge >= 0.3 is 0 Å². The van der Waals surface area contributed by atoms with Crippen LogP contribution in [0.5, 0.6) is 5.75 Å². The van der Waals surface area contributed by atoms with E-state index in [-0.39, 0.29) is 4.83 Å². The SMILES string of the molecule is COc1ccc(C(Br)Cc2cccc(Br)c2)c(Cl)c1. The number of hydrogen-bond donors (Lipinski definition) is 0. The third kappa shape index (κ3) is 3.98. The fraction of sp³-hybridized carbons (Fsp3) is 0.200. The van der Waals surface area contributed by atoms with E-state index in [4.69, 9.17) is 16.3 Å². The molecule has 0 radical (unpaired) electrons. The minimum Gasteiger partial charge on any atom is -0.497 e. The highest BCUT2D eigenvalue weighted by molar-refractivity contribution is 9.10. The second-order valence-corrected chi connectivity index (χ2v) is 6.62. The third-order valence-electron chi connectivity index (χ3n) is 2.85. The number of hydrogen-bond acceptors (Lipinski definition) is 1. The van der Waals surface area contributed by atoms with Crippen molar-refractivity contribution in [1.82, 2.24) is 0 Å². The molecular formula is C15H13Br2ClO. The van der Waals surface area contributed by atoms with Crippen LogP contribution in [0.2, 0.25) is 5.02 Å². The molecule has 1 nitrogen and oxygen atoms in total.